The van der Waals surface area contributed by atoms with E-state index in [9.17, 15) is 51.9 Å². The number of benzene rings is 4. The molecule has 29 heteroatoms. The van der Waals surface area contributed by atoms with Gasteiger partial charge in [-0.15, -0.1) is 0 Å². The molecule has 0 fully saturated rings. The Morgan fingerprint density at radius 2 is 0.667 bits per heavy atom. The molecule has 2 aliphatic rings. The molecule has 0 saturated carbocycles. The van der Waals surface area contributed by atoms with E-state index in [0.717, 1.165) is 24.3 Å². The van der Waals surface area contributed by atoms with Gasteiger partial charge >= 0.3 is 138 Å². The Balaban J connectivity index is 0.00000207. The van der Waals surface area contributed by atoms with Gasteiger partial charge in [0.05, 0.1) is 23.3 Å². The van der Waals surface area contributed by atoms with Crippen molar-refractivity contribution < 1.29 is 190 Å². The minimum absolute atomic E-state index is 0. The molecular weight excluding hydrogens is 1070 g/mol. The van der Waals surface area contributed by atoms with Crippen molar-refractivity contribution >= 4 is 109 Å². The molecule has 0 amide bonds. The molecule has 0 radical (unpaired) electrons. The number of rotatable bonds is 8. The zero-order chi connectivity index (χ0) is 45.3. The minimum atomic E-state index is -4.89. The van der Waals surface area contributed by atoms with Crippen LogP contribution in [0.2, 0.25) is 0 Å². The average Bonchev–Trinajstić information content (AvgIpc) is 3.95. The Kier molecular flexibility index (Phi) is 19.4. The van der Waals surface area contributed by atoms with E-state index in [2.05, 4.69) is 19.9 Å². The second-order valence-corrected chi connectivity index (χ2v) is 18.8. The second kappa shape index (κ2) is 22.7. The predicted octanol–water partition coefficient (Wildman–Crippen LogP) is -7.80. The van der Waals surface area contributed by atoms with Crippen molar-refractivity contribution in [2.45, 2.75) is 0 Å². The van der Waals surface area contributed by atoms with Crippen molar-refractivity contribution in [3.63, 3.8) is 0 Å². The van der Waals surface area contributed by atoms with Gasteiger partial charge in [-0.2, -0.15) is 0 Å². The van der Waals surface area contributed by atoms with Gasteiger partial charge in [0.15, 0.2) is 0 Å². The molecular formula is C40H20N8Na4O12S4Zn. The van der Waals surface area contributed by atoms with Crippen molar-refractivity contribution in [2.24, 2.45) is 0 Å². The molecule has 322 valence electrons. The third-order valence-electron chi connectivity index (χ3n) is 9.60. The fourth-order valence-electron chi connectivity index (χ4n) is 7.14. The van der Waals surface area contributed by atoms with Crippen LogP contribution < -0.4 is 128 Å². The summed E-state index contributed by atoms with van der Waals surface area (Å²) < 4.78 is 141. The van der Waals surface area contributed by atoms with E-state index < -0.39 is 40.5 Å². The molecule has 0 unspecified atom stereocenters. The minimum Gasteiger partial charge on any atom is -0.744 e. The molecule has 8 bridgehead atoms. The Morgan fingerprint density at radius 1 is 0.377 bits per heavy atom. The van der Waals surface area contributed by atoms with E-state index in [0.29, 0.717) is 21.6 Å². The first kappa shape index (κ1) is 59.0. The zero-order valence-corrected chi connectivity index (χ0v) is 50.6. The second-order valence-electron chi connectivity index (χ2n) is 13.7. The summed E-state index contributed by atoms with van der Waals surface area (Å²) in [6.07, 6.45) is 4.17. The SMILES string of the molecule is O=S(=O)([O-])/C=C/c1cccc2c1-c1nc-2nc2[n-]c(nc3nc(nc4[n-]c(n1)c1cccc(/C=C/S(=O)(=O)[O-])c41)-c1cccc(/C=C/S(=O)(=O)[O-])c1-3)c1cccc(/C=C/S(=O)(=O)[O-])c21.[Na+].[Na+].[Na+].[Na+].[Zn+2]. The van der Waals surface area contributed by atoms with E-state index in [1.54, 1.807) is 24.3 Å². The maximum atomic E-state index is 11.7. The molecule has 0 aliphatic carbocycles. The van der Waals surface area contributed by atoms with Crippen molar-refractivity contribution in [1.82, 2.24) is 39.9 Å². The van der Waals surface area contributed by atoms with Crippen LogP contribution in [0.1, 0.15) is 22.3 Å². The van der Waals surface area contributed by atoms with Crippen LogP contribution in [0.4, 0.5) is 0 Å². The third kappa shape index (κ3) is 13.2. The van der Waals surface area contributed by atoms with Crippen molar-refractivity contribution in [1.29, 1.82) is 0 Å². The van der Waals surface area contributed by atoms with Crippen LogP contribution in [0.25, 0.3) is 114 Å². The smallest absolute Gasteiger partial charge is 0.744 e. The van der Waals surface area contributed by atoms with Gasteiger partial charge < -0.3 is 48.1 Å². The number of aromatic nitrogens is 8. The van der Waals surface area contributed by atoms with Gasteiger partial charge in [-0.25, -0.2) is 43.6 Å². The average molecular weight is 1090 g/mol. The summed E-state index contributed by atoms with van der Waals surface area (Å²) in [7, 11) is -19.5. The topological polar surface area (TPSA) is 334 Å². The fraction of sp³-hybridized carbons (Fsp3) is 0. The molecule has 0 saturated heterocycles. The van der Waals surface area contributed by atoms with E-state index >= 15 is 0 Å². The van der Waals surface area contributed by atoms with Crippen LogP contribution in [0, 0.1) is 0 Å². The van der Waals surface area contributed by atoms with Gasteiger partial charge in [0.1, 0.15) is 40.5 Å². The van der Waals surface area contributed by atoms with E-state index in [1.165, 1.54) is 48.5 Å². The zero-order valence-electron chi connectivity index (χ0n) is 36.4. The van der Waals surface area contributed by atoms with Crippen molar-refractivity contribution in [2.75, 3.05) is 0 Å². The molecule has 0 atom stereocenters. The summed E-state index contributed by atoms with van der Waals surface area (Å²) in [6.45, 7) is 0. The first-order valence-electron chi connectivity index (χ1n) is 18.0. The first-order chi connectivity index (χ1) is 30.2. The van der Waals surface area contributed by atoms with Gasteiger partial charge in [0, 0.05) is 77.2 Å². The quantitative estimate of drug-likeness (QED) is 0.101. The Hall–Kier alpha value is -2.54. The van der Waals surface area contributed by atoms with Crippen LogP contribution in [-0.2, 0) is 60.0 Å². The van der Waals surface area contributed by atoms with E-state index in [1.807, 2.05) is 0 Å². The largest absolute Gasteiger partial charge is 2.00 e. The molecule has 4 aromatic carbocycles. The van der Waals surface area contributed by atoms with Crippen molar-refractivity contribution in [3.05, 3.63) is 117 Å². The molecule has 5 heterocycles. The molecule has 0 N–H and O–H groups in total. The summed E-state index contributed by atoms with van der Waals surface area (Å²) in [6, 6.07) is 18.3. The molecule has 69 heavy (non-hydrogen) atoms. The van der Waals surface area contributed by atoms with E-state index in [4.69, 9.17) is 19.9 Å². The van der Waals surface area contributed by atoms with Crippen LogP contribution in [0.15, 0.2) is 94.4 Å². The van der Waals surface area contributed by atoms with Gasteiger partial charge in [0.2, 0.25) is 0 Å². The number of nitrogens with zero attached hydrogens (tertiary/aromatic N) is 8. The summed E-state index contributed by atoms with van der Waals surface area (Å²) in [4.78, 5) is 37.8. The van der Waals surface area contributed by atoms with Crippen LogP contribution >= 0.6 is 0 Å². The van der Waals surface area contributed by atoms with Gasteiger partial charge in [-0.1, -0.05) is 72.8 Å². The van der Waals surface area contributed by atoms with Crippen LogP contribution in [0.5, 0.6) is 0 Å². The Bertz CT molecular complexity index is 3750. The van der Waals surface area contributed by atoms with E-state index in [-0.39, 0.29) is 250 Å². The standard InChI is InChI=1S/C40H24N8O12S4.4Na.Zn/c49-61(50,51)17-13-21-5-1-9-25-29(21)37-41-33(25)45-38-30-22(14-18-62(52,53)54)6-2-10-26(30)35(42-38)47-40-32-24(16-20-64(58,59)60)8-4-12-28(32)36(44-40)48-39-31-23(15-19-63(55,56)57)7-3-11-27(31)34(43-39)46-37;;;;;/h1-20H,(H4-2,41,42,43,44,45,46,47,48,49,50,51,52,53,54,55,56,57,58,59,60);;;;;/q-2;4*+1;+2/p-4/b17-13+,18-14+,19-15+,20-16+;;;;;. The monoisotopic (exact) mass is 1090 g/mol. The maximum Gasteiger partial charge on any atom is 2.00 e. The molecule has 3 aromatic heterocycles. The summed E-state index contributed by atoms with van der Waals surface area (Å²) in [5.41, 5.74) is 1.12. The number of hydrogen-bond donors (Lipinski definition) is 0. The number of fused-ring (bicyclic) bond motifs is 20. The predicted molar refractivity (Wildman–Crippen MR) is 229 cm³/mol. The van der Waals surface area contributed by atoms with Crippen LogP contribution in [0.3, 0.4) is 0 Å². The molecule has 0 spiro atoms. The molecule has 7 aromatic rings. The number of hydrogen-bond acceptors (Lipinski definition) is 18. The summed E-state index contributed by atoms with van der Waals surface area (Å²) >= 11 is 0. The normalized spacial score (nSPS) is 12.6. The van der Waals surface area contributed by atoms with Gasteiger partial charge in [-0.3, -0.25) is 0 Å². The molecule has 2 aliphatic heterocycles. The van der Waals surface area contributed by atoms with Gasteiger partial charge in [-0.05, 0) is 57.3 Å². The summed E-state index contributed by atoms with van der Waals surface area (Å²) in [5.74, 6) is -0.364. The Labute approximate surface area is 493 Å². The molecule has 20 nitrogen and oxygen atoms in total. The van der Waals surface area contributed by atoms with Crippen molar-refractivity contribution in [3.8, 4) is 45.6 Å². The van der Waals surface area contributed by atoms with Crippen LogP contribution in [-0.4, -0.2) is 81.8 Å². The maximum absolute atomic E-state index is 11.7. The van der Waals surface area contributed by atoms with Gasteiger partial charge in [0.25, 0.3) is 0 Å². The first-order valence-corrected chi connectivity index (χ1v) is 23.9. The molecule has 9 rings (SSSR count). The fourth-order valence-corrected chi connectivity index (χ4v) is 8.39. The third-order valence-corrected chi connectivity index (χ3v) is 11.5. The summed E-state index contributed by atoms with van der Waals surface area (Å²) in [5, 5.41) is 2.62. The Morgan fingerprint density at radius 3 is 1.00 bits per heavy atom.